The number of nitrogens with zero attached hydrogens (tertiary/aromatic N) is 1. The zero-order valence-electron chi connectivity index (χ0n) is 12.4. The van der Waals surface area contributed by atoms with Crippen LogP contribution in [0.4, 0.5) is 0 Å². The lowest BCUT2D eigenvalue weighted by Gasteiger charge is -2.44. The summed E-state index contributed by atoms with van der Waals surface area (Å²) >= 11 is 2.10. The Kier molecular flexibility index (Phi) is 4.66. The molecule has 2 aliphatic rings. The summed E-state index contributed by atoms with van der Waals surface area (Å²) in [5.41, 5.74) is 0.116. The Labute approximate surface area is 117 Å². The third kappa shape index (κ3) is 3.43. The fourth-order valence-corrected chi connectivity index (χ4v) is 5.11. The van der Waals surface area contributed by atoms with E-state index in [1.165, 1.54) is 32.4 Å². The third-order valence-corrected chi connectivity index (χ3v) is 5.86. The quantitative estimate of drug-likeness (QED) is 0.835. The number of aliphatic hydroxyl groups is 1. The van der Waals surface area contributed by atoms with Crippen LogP contribution in [0.3, 0.4) is 0 Å². The van der Waals surface area contributed by atoms with Crippen molar-refractivity contribution in [2.75, 3.05) is 19.6 Å². The Bertz CT molecular complexity index is 272. The van der Waals surface area contributed by atoms with Gasteiger partial charge in [-0.3, -0.25) is 0 Å². The predicted molar refractivity (Wildman–Crippen MR) is 80.1 cm³/mol. The molecule has 1 N–H and O–H groups in total. The van der Waals surface area contributed by atoms with Crippen LogP contribution in [0.1, 0.15) is 47.0 Å². The normalized spacial score (nSPS) is 41.8. The molecule has 1 heterocycles. The number of thioether (sulfide) groups is 1. The van der Waals surface area contributed by atoms with Crippen molar-refractivity contribution in [2.24, 2.45) is 11.3 Å². The second-order valence-electron chi connectivity index (χ2n) is 7.06. The third-order valence-electron chi connectivity index (χ3n) is 4.63. The molecule has 106 valence electrons. The summed E-state index contributed by atoms with van der Waals surface area (Å²) in [6.07, 6.45) is 3.54. The summed E-state index contributed by atoms with van der Waals surface area (Å²) in [6.45, 7) is 12.6. The van der Waals surface area contributed by atoms with E-state index in [1.807, 2.05) is 0 Å². The lowest BCUT2D eigenvalue weighted by Crippen LogP contribution is -2.48. The van der Waals surface area contributed by atoms with Crippen molar-refractivity contribution >= 4 is 11.8 Å². The van der Waals surface area contributed by atoms with Gasteiger partial charge in [-0.25, -0.2) is 0 Å². The van der Waals surface area contributed by atoms with E-state index in [0.29, 0.717) is 5.92 Å². The highest BCUT2D eigenvalue weighted by molar-refractivity contribution is 8.00. The van der Waals surface area contributed by atoms with Crippen LogP contribution in [-0.4, -0.2) is 46.2 Å². The van der Waals surface area contributed by atoms with E-state index >= 15 is 0 Å². The van der Waals surface area contributed by atoms with E-state index in [-0.39, 0.29) is 11.5 Å². The monoisotopic (exact) mass is 271 g/mol. The fraction of sp³-hybridized carbons (Fsp3) is 1.00. The minimum atomic E-state index is -0.119. The van der Waals surface area contributed by atoms with Crippen molar-refractivity contribution < 1.29 is 5.11 Å². The molecule has 0 aromatic heterocycles. The van der Waals surface area contributed by atoms with Gasteiger partial charge in [0.15, 0.2) is 0 Å². The Morgan fingerprint density at radius 2 is 1.83 bits per heavy atom. The van der Waals surface area contributed by atoms with Gasteiger partial charge >= 0.3 is 0 Å². The Morgan fingerprint density at radius 3 is 2.44 bits per heavy atom. The van der Waals surface area contributed by atoms with Gasteiger partial charge in [0.05, 0.1) is 6.10 Å². The van der Waals surface area contributed by atoms with Crippen molar-refractivity contribution in [3.63, 3.8) is 0 Å². The highest BCUT2D eigenvalue weighted by atomic mass is 32.2. The Balaban J connectivity index is 1.92. The summed E-state index contributed by atoms with van der Waals surface area (Å²) in [5, 5.41) is 12.0. The first-order valence-electron chi connectivity index (χ1n) is 7.44. The molecule has 4 atom stereocenters. The SMILES string of the molecule is CC1CN(CC2CCCC(C)(C)C2O)CC(C)S1. The van der Waals surface area contributed by atoms with Crippen LogP contribution in [-0.2, 0) is 0 Å². The second kappa shape index (κ2) is 5.72. The van der Waals surface area contributed by atoms with Gasteiger partial charge in [-0.05, 0) is 24.2 Å². The van der Waals surface area contributed by atoms with Gasteiger partial charge in [0.2, 0.25) is 0 Å². The van der Waals surface area contributed by atoms with E-state index in [1.54, 1.807) is 0 Å². The summed E-state index contributed by atoms with van der Waals surface area (Å²) in [7, 11) is 0. The van der Waals surface area contributed by atoms with Crippen LogP contribution in [0.5, 0.6) is 0 Å². The fourth-order valence-electron chi connectivity index (χ4n) is 3.72. The predicted octanol–water partition coefficient (Wildman–Crippen LogP) is 3.00. The van der Waals surface area contributed by atoms with Crippen LogP contribution in [0.15, 0.2) is 0 Å². The molecule has 1 aliphatic carbocycles. The van der Waals surface area contributed by atoms with Gasteiger partial charge in [0.25, 0.3) is 0 Å². The molecule has 1 saturated heterocycles. The largest absolute Gasteiger partial charge is 0.392 e. The van der Waals surface area contributed by atoms with E-state index in [2.05, 4.69) is 44.4 Å². The van der Waals surface area contributed by atoms with Crippen LogP contribution in [0.2, 0.25) is 0 Å². The lowest BCUT2D eigenvalue weighted by atomic mass is 9.69. The summed E-state index contributed by atoms with van der Waals surface area (Å²) in [5.74, 6) is 0.483. The maximum atomic E-state index is 10.5. The lowest BCUT2D eigenvalue weighted by molar-refractivity contribution is -0.0430. The summed E-state index contributed by atoms with van der Waals surface area (Å²) < 4.78 is 0. The van der Waals surface area contributed by atoms with Gasteiger partial charge in [0, 0.05) is 30.1 Å². The van der Waals surface area contributed by atoms with E-state index in [4.69, 9.17) is 0 Å². The molecule has 0 bridgehead atoms. The molecule has 2 rings (SSSR count). The van der Waals surface area contributed by atoms with Gasteiger partial charge < -0.3 is 10.0 Å². The maximum absolute atomic E-state index is 10.5. The van der Waals surface area contributed by atoms with Crippen molar-refractivity contribution in [1.29, 1.82) is 0 Å². The van der Waals surface area contributed by atoms with Crippen LogP contribution in [0, 0.1) is 11.3 Å². The van der Waals surface area contributed by atoms with Crippen molar-refractivity contribution in [3.8, 4) is 0 Å². The zero-order chi connectivity index (χ0) is 13.3. The molecule has 0 amide bonds. The molecule has 1 saturated carbocycles. The zero-order valence-corrected chi connectivity index (χ0v) is 13.2. The summed E-state index contributed by atoms with van der Waals surface area (Å²) in [6, 6.07) is 0. The maximum Gasteiger partial charge on any atom is 0.0631 e. The van der Waals surface area contributed by atoms with Gasteiger partial charge in [0.1, 0.15) is 0 Å². The number of rotatable bonds is 2. The molecular formula is C15H29NOS. The summed E-state index contributed by atoms with van der Waals surface area (Å²) in [4.78, 5) is 2.58. The molecule has 1 aliphatic heterocycles. The smallest absolute Gasteiger partial charge is 0.0631 e. The van der Waals surface area contributed by atoms with Gasteiger partial charge in [-0.15, -0.1) is 0 Å². The Hall–Kier alpha value is 0.270. The highest BCUT2D eigenvalue weighted by Gasteiger charge is 2.38. The van der Waals surface area contributed by atoms with Crippen molar-refractivity contribution in [2.45, 2.75) is 63.6 Å². The first-order chi connectivity index (χ1) is 8.38. The topological polar surface area (TPSA) is 23.5 Å². The standard InChI is InChI=1S/C15H29NOS/c1-11-8-16(9-12(2)18-11)10-13-6-5-7-15(3,4)14(13)17/h11-14,17H,5-10H2,1-4H3. The van der Waals surface area contributed by atoms with Crippen molar-refractivity contribution in [3.05, 3.63) is 0 Å². The van der Waals surface area contributed by atoms with E-state index < -0.39 is 0 Å². The van der Waals surface area contributed by atoms with Crippen molar-refractivity contribution in [1.82, 2.24) is 4.90 Å². The molecule has 4 unspecified atom stereocenters. The average molecular weight is 271 g/mol. The minimum Gasteiger partial charge on any atom is -0.392 e. The molecule has 0 spiro atoms. The number of hydrogen-bond donors (Lipinski definition) is 1. The highest BCUT2D eigenvalue weighted by Crippen LogP contribution is 2.39. The first-order valence-corrected chi connectivity index (χ1v) is 8.38. The molecule has 0 aromatic rings. The first kappa shape index (κ1) is 14.7. The minimum absolute atomic E-state index is 0.116. The van der Waals surface area contributed by atoms with Gasteiger partial charge in [-0.2, -0.15) is 11.8 Å². The van der Waals surface area contributed by atoms with Crippen LogP contribution < -0.4 is 0 Å². The average Bonchev–Trinajstić information content (AvgIpc) is 2.23. The van der Waals surface area contributed by atoms with E-state index in [9.17, 15) is 5.11 Å². The Morgan fingerprint density at radius 1 is 1.22 bits per heavy atom. The second-order valence-corrected chi connectivity index (χ2v) is 8.94. The molecule has 18 heavy (non-hydrogen) atoms. The molecule has 2 nitrogen and oxygen atoms in total. The molecule has 3 heteroatoms. The number of hydrogen-bond acceptors (Lipinski definition) is 3. The van der Waals surface area contributed by atoms with E-state index in [0.717, 1.165) is 17.0 Å². The van der Waals surface area contributed by atoms with Gasteiger partial charge in [-0.1, -0.05) is 34.1 Å². The molecule has 0 radical (unpaired) electrons. The molecular weight excluding hydrogens is 242 g/mol. The number of aliphatic hydroxyl groups excluding tert-OH is 1. The van der Waals surface area contributed by atoms with Crippen LogP contribution in [0.25, 0.3) is 0 Å². The van der Waals surface area contributed by atoms with Crippen LogP contribution >= 0.6 is 11.8 Å². The molecule has 0 aromatic carbocycles. The molecule has 2 fully saturated rings.